The van der Waals surface area contributed by atoms with Crippen molar-refractivity contribution in [3.63, 3.8) is 0 Å². The second-order valence-corrected chi connectivity index (χ2v) is 8.38. The third-order valence-corrected chi connectivity index (χ3v) is 6.53. The highest BCUT2D eigenvalue weighted by atomic mass is 32.2. The van der Waals surface area contributed by atoms with E-state index in [-0.39, 0.29) is 30.9 Å². The van der Waals surface area contributed by atoms with Crippen LogP contribution in [-0.4, -0.2) is 35.9 Å². The maximum absolute atomic E-state index is 14.2. The number of hydrogen-bond acceptors (Lipinski definition) is 6. The highest BCUT2D eigenvalue weighted by Gasteiger charge is 2.43. The van der Waals surface area contributed by atoms with Gasteiger partial charge in [-0.3, -0.25) is 4.79 Å². The molecule has 1 aromatic carbocycles. The van der Waals surface area contributed by atoms with Crippen molar-refractivity contribution in [2.45, 2.75) is 42.2 Å². The molecule has 3 aromatic heterocycles. The molecule has 1 fully saturated rings. The Bertz CT molecular complexity index is 1200. The van der Waals surface area contributed by atoms with Gasteiger partial charge < -0.3 is 9.40 Å². The number of alkyl halides is 2. The molecule has 0 saturated heterocycles. The SMILES string of the molecule is O=c1[nH]cnc2c1cnn2C1CCC(F)(F)CC1SCc1nc2ccccc2o1. The number of hydrogen-bond donors (Lipinski definition) is 1. The summed E-state index contributed by atoms with van der Waals surface area (Å²) in [6, 6.07) is 7.11. The van der Waals surface area contributed by atoms with Gasteiger partial charge in [-0.25, -0.2) is 23.4 Å². The van der Waals surface area contributed by atoms with Crippen molar-refractivity contribution in [3.05, 3.63) is 53.0 Å². The Balaban J connectivity index is 1.43. The van der Waals surface area contributed by atoms with E-state index in [1.54, 1.807) is 4.68 Å². The van der Waals surface area contributed by atoms with Gasteiger partial charge in [0, 0.05) is 18.1 Å². The van der Waals surface area contributed by atoms with E-state index >= 15 is 0 Å². The number of rotatable bonds is 4. The number of oxazole rings is 1. The summed E-state index contributed by atoms with van der Waals surface area (Å²) >= 11 is 1.38. The fraction of sp³-hybridized carbons (Fsp3) is 0.368. The summed E-state index contributed by atoms with van der Waals surface area (Å²) in [6.45, 7) is 0. The van der Waals surface area contributed by atoms with Crippen LogP contribution in [0.3, 0.4) is 0 Å². The summed E-state index contributed by atoms with van der Waals surface area (Å²) in [5, 5.41) is 4.24. The number of aromatic amines is 1. The number of benzene rings is 1. The molecule has 2 atom stereocenters. The van der Waals surface area contributed by atoms with Crippen LogP contribution in [-0.2, 0) is 5.75 Å². The van der Waals surface area contributed by atoms with E-state index in [1.807, 2.05) is 24.3 Å². The van der Waals surface area contributed by atoms with Gasteiger partial charge in [0.05, 0.1) is 24.3 Å². The number of nitrogens with zero attached hydrogens (tertiary/aromatic N) is 4. The average molecular weight is 417 g/mol. The van der Waals surface area contributed by atoms with Crippen molar-refractivity contribution in [3.8, 4) is 0 Å². The fourth-order valence-corrected chi connectivity index (χ4v) is 5.12. The Labute approximate surface area is 167 Å². The molecule has 1 aliphatic carbocycles. The van der Waals surface area contributed by atoms with Crippen molar-refractivity contribution in [1.29, 1.82) is 0 Å². The van der Waals surface area contributed by atoms with Crippen LogP contribution in [0.25, 0.3) is 22.1 Å². The molecule has 0 amide bonds. The maximum Gasteiger partial charge on any atom is 0.261 e. The minimum Gasteiger partial charge on any atom is -0.440 e. The van der Waals surface area contributed by atoms with Crippen molar-refractivity contribution in [2.24, 2.45) is 0 Å². The molecule has 29 heavy (non-hydrogen) atoms. The molecule has 10 heteroatoms. The van der Waals surface area contributed by atoms with Crippen molar-refractivity contribution >= 4 is 33.9 Å². The molecule has 4 aromatic rings. The number of para-hydroxylation sites is 2. The Morgan fingerprint density at radius 1 is 1.34 bits per heavy atom. The van der Waals surface area contributed by atoms with E-state index in [0.29, 0.717) is 28.3 Å². The van der Waals surface area contributed by atoms with Crippen molar-refractivity contribution < 1.29 is 13.2 Å². The zero-order valence-electron chi connectivity index (χ0n) is 15.2. The van der Waals surface area contributed by atoms with Gasteiger partial charge in [-0.1, -0.05) is 12.1 Å². The third-order valence-electron chi connectivity index (χ3n) is 5.20. The number of nitrogens with one attached hydrogen (secondary N) is 1. The lowest BCUT2D eigenvalue weighted by Gasteiger charge is -2.35. The van der Waals surface area contributed by atoms with Gasteiger partial charge in [-0.05, 0) is 18.6 Å². The van der Waals surface area contributed by atoms with Gasteiger partial charge in [-0.15, -0.1) is 11.8 Å². The molecule has 7 nitrogen and oxygen atoms in total. The third kappa shape index (κ3) is 3.41. The first-order chi connectivity index (χ1) is 14.0. The van der Waals surface area contributed by atoms with Gasteiger partial charge in [-0.2, -0.15) is 5.10 Å². The summed E-state index contributed by atoms with van der Waals surface area (Å²) in [5.74, 6) is -1.86. The second-order valence-electron chi connectivity index (χ2n) is 7.15. The number of H-pyrrole nitrogens is 1. The van der Waals surface area contributed by atoms with E-state index in [9.17, 15) is 13.6 Å². The Morgan fingerprint density at radius 3 is 3.07 bits per heavy atom. The highest BCUT2D eigenvalue weighted by Crippen LogP contribution is 2.45. The summed E-state index contributed by atoms with van der Waals surface area (Å²) < 4.78 is 35.7. The predicted molar refractivity (Wildman–Crippen MR) is 105 cm³/mol. The van der Waals surface area contributed by atoms with Crippen LogP contribution in [0.1, 0.15) is 31.2 Å². The van der Waals surface area contributed by atoms with Crippen LogP contribution in [0.15, 0.2) is 46.0 Å². The molecule has 0 spiro atoms. The van der Waals surface area contributed by atoms with Crippen LogP contribution in [0.4, 0.5) is 8.78 Å². The molecular formula is C19H17F2N5O2S. The first-order valence-electron chi connectivity index (χ1n) is 9.25. The summed E-state index contributed by atoms with van der Waals surface area (Å²) in [4.78, 5) is 23.1. The van der Waals surface area contributed by atoms with Crippen molar-refractivity contribution in [1.82, 2.24) is 24.7 Å². The van der Waals surface area contributed by atoms with E-state index in [0.717, 1.165) is 5.52 Å². The Kier molecular flexibility index (Phi) is 4.38. The lowest BCUT2D eigenvalue weighted by molar-refractivity contribution is -0.0419. The molecule has 3 heterocycles. The maximum atomic E-state index is 14.2. The molecule has 0 radical (unpaired) electrons. The summed E-state index contributed by atoms with van der Waals surface area (Å²) in [7, 11) is 0. The highest BCUT2D eigenvalue weighted by molar-refractivity contribution is 7.99. The lowest BCUT2D eigenvalue weighted by atomic mass is 9.91. The van der Waals surface area contributed by atoms with E-state index in [1.165, 1.54) is 24.3 Å². The van der Waals surface area contributed by atoms with Crippen LogP contribution < -0.4 is 5.56 Å². The van der Waals surface area contributed by atoms with Crippen LogP contribution in [0, 0.1) is 0 Å². The molecule has 5 rings (SSSR count). The standard InChI is InChI=1S/C19H17F2N5O2S/c20-19(21)6-5-13(26-17-11(8-24-26)18(27)23-10-22-17)15(7-19)29-9-16-25-12-3-1-2-4-14(12)28-16/h1-4,8,10,13,15H,5-7,9H2,(H,22,23,27). The first-order valence-corrected chi connectivity index (χ1v) is 10.3. The zero-order valence-corrected chi connectivity index (χ0v) is 16.0. The number of halogens is 2. The zero-order chi connectivity index (χ0) is 20.0. The Morgan fingerprint density at radius 2 is 2.21 bits per heavy atom. The van der Waals surface area contributed by atoms with Gasteiger partial charge in [0.2, 0.25) is 11.8 Å². The van der Waals surface area contributed by atoms with Gasteiger partial charge in [0.15, 0.2) is 11.2 Å². The predicted octanol–water partition coefficient (Wildman–Crippen LogP) is 3.92. The van der Waals surface area contributed by atoms with Crippen LogP contribution >= 0.6 is 11.8 Å². The molecule has 2 unspecified atom stereocenters. The molecular weight excluding hydrogens is 400 g/mol. The summed E-state index contributed by atoms with van der Waals surface area (Å²) in [5.41, 5.74) is 1.54. The van der Waals surface area contributed by atoms with E-state index in [4.69, 9.17) is 4.42 Å². The molecule has 0 aliphatic heterocycles. The van der Waals surface area contributed by atoms with Gasteiger partial charge >= 0.3 is 0 Å². The van der Waals surface area contributed by atoms with E-state index < -0.39 is 11.2 Å². The summed E-state index contributed by atoms with van der Waals surface area (Å²) in [6.07, 6.45) is 2.51. The molecule has 150 valence electrons. The normalized spacial score (nSPS) is 21.7. The fourth-order valence-electron chi connectivity index (χ4n) is 3.80. The van der Waals surface area contributed by atoms with Gasteiger partial charge in [0.1, 0.15) is 10.9 Å². The average Bonchev–Trinajstić information content (AvgIpc) is 3.30. The molecule has 1 N–H and O–H groups in total. The van der Waals surface area contributed by atoms with Crippen LogP contribution in [0.2, 0.25) is 0 Å². The first kappa shape index (κ1) is 18.3. The molecule has 0 bridgehead atoms. The van der Waals surface area contributed by atoms with E-state index in [2.05, 4.69) is 20.1 Å². The second kappa shape index (κ2) is 6.94. The Hall–Kier alpha value is -2.75. The minimum absolute atomic E-state index is 0.220. The largest absolute Gasteiger partial charge is 0.440 e. The quantitative estimate of drug-likeness (QED) is 0.541. The monoisotopic (exact) mass is 417 g/mol. The van der Waals surface area contributed by atoms with Gasteiger partial charge in [0.25, 0.3) is 5.56 Å². The number of aromatic nitrogens is 5. The van der Waals surface area contributed by atoms with Crippen LogP contribution in [0.5, 0.6) is 0 Å². The molecule has 1 saturated carbocycles. The number of thioether (sulfide) groups is 1. The number of fused-ring (bicyclic) bond motifs is 2. The smallest absolute Gasteiger partial charge is 0.261 e. The lowest BCUT2D eigenvalue weighted by Crippen LogP contribution is -2.36. The topological polar surface area (TPSA) is 89.6 Å². The minimum atomic E-state index is -2.73. The molecule has 1 aliphatic rings. The van der Waals surface area contributed by atoms with Crippen molar-refractivity contribution in [2.75, 3.05) is 0 Å².